The van der Waals surface area contributed by atoms with E-state index in [1.165, 1.54) is 31.7 Å². The minimum absolute atomic E-state index is 0.0835. The van der Waals surface area contributed by atoms with E-state index in [1.54, 1.807) is 19.1 Å². The van der Waals surface area contributed by atoms with Crippen LogP contribution in [-0.4, -0.2) is 23.1 Å². The summed E-state index contributed by atoms with van der Waals surface area (Å²) in [6.07, 6.45) is 6.38. The Morgan fingerprint density at radius 3 is 2.43 bits per heavy atom. The van der Waals surface area contributed by atoms with Gasteiger partial charge in [-0.15, -0.1) is 0 Å². The number of nitro groups is 1. The van der Waals surface area contributed by atoms with Gasteiger partial charge in [0.2, 0.25) is 0 Å². The highest BCUT2D eigenvalue weighted by molar-refractivity contribution is 5.64. The van der Waals surface area contributed by atoms with Crippen LogP contribution in [0.25, 0.3) is 0 Å². The summed E-state index contributed by atoms with van der Waals surface area (Å²) >= 11 is 0. The Labute approximate surface area is 125 Å². The molecular weight excluding hydrogens is 268 g/mol. The molecule has 0 bridgehead atoms. The fraction of sp³-hybridized carbons (Fsp3) is 0.625. The summed E-state index contributed by atoms with van der Waals surface area (Å²) in [4.78, 5) is 13.0. The number of hydrogen-bond donors (Lipinski definition) is 1. The van der Waals surface area contributed by atoms with Crippen molar-refractivity contribution in [2.45, 2.75) is 57.6 Å². The lowest BCUT2D eigenvalue weighted by atomic mass is 10.0. The molecule has 0 unspecified atom stereocenters. The Bertz CT molecular complexity index is 494. The average molecular weight is 292 g/mol. The molecule has 1 N–H and O–H groups in total. The van der Waals surface area contributed by atoms with Crippen molar-refractivity contribution in [3.63, 3.8) is 0 Å². The zero-order chi connectivity index (χ0) is 15.4. The van der Waals surface area contributed by atoms with Gasteiger partial charge in [0.15, 0.2) is 0 Å². The molecule has 0 spiro atoms. The van der Waals surface area contributed by atoms with Crippen molar-refractivity contribution in [1.29, 1.82) is 0 Å². The molecule has 0 amide bonds. The molecule has 116 valence electrons. The quantitative estimate of drug-likeness (QED) is 0.520. The number of nitro benzene ring substituents is 1. The second kappa shape index (κ2) is 6.89. The van der Waals surface area contributed by atoms with Gasteiger partial charge in [0, 0.05) is 19.2 Å². The standard InChI is InChI=1S/C16H24N2O3/c1-12(19)13-9-10-15(16(11-13)18(20)21)17(2)14-7-5-3-4-6-8-14/h9-12,14,19H,3-8H2,1-2H3/t12-/m1/s1. The third kappa shape index (κ3) is 3.73. The monoisotopic (exact) mass is 292 g/mol. The van der Waals surface area contributed by atoms with Gasteiger partial charge >= 0.3 is 0 Å². The van der Waals surface area contributed by atoms with Gasteiger partial charge in [-0.2, -0.15) is 0 Å². The van der Waals surface area contributed by atoms with Gasteiger partial charge in [-0.25, -0.2) is 0 Å². The van der Waals surface area contributed by atoms with E-state index >= 15 is 0 Å². The molecule has 0 heterocycles. The van der Waals surface area contributed by atoms with Crippen LogP contribution in [0.15, 0.2) is 18.2 Å². The molecule has 5 heteroatoms. The van der Waals surface area contributed by atoms with Crippen LogP contribution in [0.3, 0.4) is 0 Å². The first-order valence-corrected chi connectivity index (χ1v) is 7.70. The van der Waals surface area contributed by atoms with Crippen LogP contribution < -0.4 is 4.90 Å². The van der Waals surface area contributed by atoms with Crippen LogP contribution in [0.1, 0.15) is 57.1 Å². The van der Waals surface area contributed by atoms with Crippen molar-refractivity contribution in [3.05, 3.63) is 33.9 Å². The molecule has 0 radical (unpaired) electrons. The molecule has 1 aromatic carbocycles. The van der Waals surface area contributed by atoms with E-state index in [1.807, 2.05) is 7.05 Å². The first-order valence-electron chi connectivity index (χ1n) is 7.70. The lowest BCUT2D eigenvalue weighted by molar-refractivity contribution is -0.384. The van der Waals surface area contributed by atoms with Crippen molar-refractivity contribution in [2.75, 3.05) is 11.9 Å². The highest BCUT2D eigenvalue weighted by Gasteiger charge is 2.24. The molecule has 1 aliphatic carbocycles. The van der Waals surface area contributed by atoms with Gasteiger partial charge < -0.3 is 10.0 Å². The van der Waals surface area contributed by atoms with E-state index < -0.39 is 6.10 Å². The summed E-state index contributed by atoms with van der Waals surface area (Å²) in [6.45, 7) is 1.62. The zero-order valence-corrected chi connectivity index (χ0v) is 12.8. The second-order valence-electron chi connectivity index (χ2n) is 5.94. The van der Waals surface area contributed by atoms with Crippen molar-refractivity contribution in [3.8, 4) is 0 Å². The maximum Gasteiger partial charge on any atom is 0.292 e. The highest BCUT2D eigenvalue weighted by Crippen LogP contribution is 2.34. The van der Waals surface area contributed by atoms with E-state index in [2.05, 4.69) is 4.90 Å². The maximum atomic E-state index is 11.3. The fourth-order valence-electron chi connectivity index (χ4n) is 3.09. The van der Waals surface area contributed by atoms with Crippen LogP contribution in [0, 0.1) is 10.1 Å². The summed E-state index contributed by atoms with van der Waals surface area (Å²) in [5.41, 5.74) is 1.32. The minimum Gasteiger partial charge on any atom is -0.389 e. The normalized spacial score (nSPS) is 18.0. The number of anilines is 1. The predicted molar refractivity (Wildman–Crippen MR) is 83.6 cm³/mol. The summed E-state index contributed by atoms with van der Waals surface area (Å²) < 4.78 is 0. The van der Waals surface area contributed by atoms with Crippen molar-refractivity contribution < 1.29 is 10.0 Å². The average Bonchev–Trinajstić information content (AvgIpc) is 2.74. The third-order valence-electron chi connectivity index (χ3n) is 4.43. The van der Waals surface area contributed by atoms with Gasteiger partial charge in [0.05, 0.1) is 11.0 Å². The topological polar surface area (TPSA) is 66.6 Å². The van der Waals surface area contributed by atoms with Crippen LogP contribution in [-0.2, 0) is 0 Å². The molecule has 1 aliphatic rings. The van der Waals surface area contributed by atoms with Crippen molar-refractivity contribution >= 4 is 11.4 Å². The van der Waals surface area contributed by atoms with Gasteiger partial charge in [-0.3, -0.25) is 10.1 Å². The molecule has 5 nitrogen and oxygen atoms in total. The van der Waals surface area contributed by atoms with Crippen LogP contribution in [0.2, 0.25) is 0 Å². The molecule has 21 heavy (non-hydrogen) atoms. The second-order valence-corrected chi connectivity index (χ2v) is 5.94. The van der Waals surface area contributed by atoms with Crippen LogP contribution >= 0.6 is 0 Å². The Morgan fingerprint density at radius 1 is 1.29 bits per heavy atom. The Kier molecular flexibility index (Phi) is 5.17. The van der Waals surface area contributed by atoms with E-state index in [9.17, 15) is 15.2 Å². The number of hydrogen-bond acceptors (Lipinski definition) is 4. The summed E-state index contributed by atoms with van der Waals surface area (Å²) in [5.74, 6) is 0. The fourth-order valence-corrected chi connectivity index (χ4v) is 3.09. The van der Waals surface area contributed by atoms with Crippen LogP contribution in [0.4, 0.5) is 11.4 Å². The summed E-state index contributed by atoms with van der Waals surface area (Å²) in [5, 5.41) is 21.0. The predicted octanol–water partition coefficient (Wildman–Crippen LogP) is 3.81. The van der Waals surface area contributed by atoms with Crippen LogP contribution in [0.5, 0.6) is 0 Å². The SMILES string of the molecule is C[C@@H](O)c1ccc(N(C)C2CCCCCC2)c([N+](=O)[O-])c1. The molecule has 2 rings (SSSR count). The lowest BCUT2D eigenvalue weighted by Gasteiger charge is -2.29. The van der Waals surface area contributed by atoms with E-state index in [0.29, 0.717) is 17.3 Å². The zero-order valence-electron chi connectivity index (χ0n) is 12.8. The lowest BCUT2D eigenvalue weighted by Crippen LogP contribution is -2.31. The number of rotatable bonds is 4. The molecule has 0 aliphatic heterocycles. The number of aliphatic hydroxyl groups is 1. The highest BCUT2D eigenvalue weighted by atomic mass is 16.6. The molecule has 1 fully saturated rings. The van der Waals surface area contributed by atoms with Gasteiger partial charge in [-0.1, -0.05) is 31.7 Å². The minimum atomic E-state index is -0.694. The largest absolute Gasteiger partial charge is 0.389 e. The first-order chi connectivity index (χ1) is 10.0. The Balaban J connectivity index is 2.30. The molecule has 0 saturated heterocycles. The smallest absolute Gasteiger partial charge is 0.292 e. The van der Waals surface area contributed by atoms with Gasteiger partial charge in [0.25, 0.3) is 5.69 Å². The van der Waals surface area contributed by atoms with Gasteiger partial charge in [0.1, 0.15) is 5.69 Å². The maximum absolute atomic E-state index is 11.3. The van der Waals surface area contributed by atoms with Crippen molar-refractivity contribution in [1.82, 2.24) is 0 Å². The number of benzene rings is 1. The molecule has 1 atom stereocenters. The summed E-state index contributed by atoms with van der Waals surface area (Å²) in [7, 11) is 1.94. The molecule has 1 saturated carbocycles. The van der Waals surface area contributed by atoms with E-state index in [0.717, 1.165) is 12.8 Å². The Hall–Kier alpha value is -1.62. The third-order valence-corrected chi connectivity index (χ3v) is 4.43. The summed E-state index contributed by atoms with van der Waals surface area (Å²) in [6, 6.07) is 5.40. The van der Waals surface area contributed by atoms with Gasteiger partial charge in [-0.05, 0) is 31.4 Å². The number of aliphatic hydroxyl groups excluding tert-OH is 1. The molecule has 0 aromatic heterocycles. The number of nitrogens with zero attached hydrogens (tertiary/aromatic N) is 2. The van der Waals surface area contributed by atoms with E-state index in [4.69, 9.17) is 0 Å². The first kappa shape index (κ1) is 15.8. The van der Waals surface area contributed by atoms with E-state index in [-0.39, 0.29) is 10.6 Å². The molecule has 1 aromatic rings. The molecular formula is C16H24N2O3. The van der Waals surface area contributed by atoms with Crippen molar-refractivity contribution in [2.24, 2.45) is 0 Å². The Morgan fingerprint density at radius 2 is 1.90 bits per heavy atom.